The first-order chi connectivity index (χ1) is 36.2. The molecule has 25 nitrogen and oxygen atoms in total. The number of amides is 8. The lowest BCUT2D eigenvalue weighted by Gasteiger charge is -2.31. The average molecular weight is 1060 g/mol. The number of carbonyl (C=O) groups excluding carboxylic acids is 8. The Kier molecular flexibility index (Phi) is 21.9. The van der Waals surface area contributed by atoms with Gasteiger partial charge in [-0.25, -0.2) is 4.39 Å². The van der Waals surface area contributed by atoms with Crippen molar-refractivity contribution in [1.82, 2.24) is 47.1 Å². The Labute approximate surface area is 438 Å². The highest BCUT2D eigenvalue weighted by atomic mass is 19.1. The van der Waals surface area contributed by atoms with Gasteiger partial charge in [0.1, 0.15) is 42.1 Å². The van der Waals surface area contributed by atoms with Crippen molar-refractivity contribution in [1.29, 1.82) is 0 Å². The first-order valence-electron chi connectivity index (χ1n) is 25.1. The van der Waals surface area contributed by atoms with E-state index in [0.717, 1.165) is 21.9 Å². The van der Waals surface area contributed by atoms with Crippen LogP contribution in [-0.2, 0) is 51.2 Å². The molecular weight excluding hydrogens is 988 g/mol. The van der Waals surface area contributed by atoms with E-state index in [0.29, 0.717) is 5.56 Å². The van der Waals surface area contributed by atoms with Crippen LogP contribution in [0.4, 0.5) is 4.39 Å². The molecule has 8 atom stereocenters. The third kappa shape index (κ3) is 17.7. The molecule has 0 bridgehead atoms. The summed E-state index contributed by atoms with van der Waals surface area (Å²) >= 11 is 0. The molecule has 26 heteroatoms. The number of aliphatic imine (C=N–C) groups is 2. The summed E-state index contributed by atoms with van der Waals surface area (Å²) in [4.78, 5) is 124. The van der Waals surface area contributed by atoms with Crippen molar-refractivity contribution in [3.63, 3.8) is 0 Å². The number of rotatable bonds is 16. The Balaban J connectivity index is 1.54. The number of aromatic amines is 1. The quantitative estimate of drug-likeness (QED) is 0.0393. The van der Waals surface area contributed by atoms with E-state index in [1.165, 1.54) is 25.1 Å². The molecule has 0 radical (unpaired) electrons. The molecule has 3 aromatic rings. The van der Waals surface area contributed by atoms with Gasteiger partial charge in [0, 0.05) is 81.6 Å². The van der Waals surface area contributed by atoms with Crippen molar-refractivity contribution in [3.8, 4) is 0 Å². The van der Waals surface area contributed by atoms with Crippen LogP contribution in [0.3, 0.4) is 0 Å². The molecule has 2 aliphatic heterocycles. The third-order valence-electron chi connectivity index (χ3n) is 12.9. The number of aromatic nitrogens is 1. The van der Waals surface area contributed by atoms with Crippen LogP contribution in [0.2, 0.25) is 0 Å². The Morgan fingerprint density at radius 3 is 2.12 bits per heavy atom. The number of para-hydroxylation sites is 1. The van der Waals surface area contributed by atoms with Crippen LogP contribution in [0.5, 0.6) is 0 Å². The number of guanidine groups is 2. The Bertz CT molecular complexity index is 2640. The highest BCUT2D eigenvalue weighted by Crippen LogP contribution is 2.23. The van der Waals surface area contributed by atoms with Gasteiger partial charge in [-0.3, -0.25) is 48.3 Å². The molecule has 412 valence electrons. The fourth-order valence-electron chi connectivity index (χ4n) is 8.98. The second-order valence-corrected chi connectivity index (χ2v) is 18.8. The van der Waals surface area contributed by atoms with Crippen LogP contribution >= 0.6 is 0 Å². The van der Waals surface area contributed by atoms with Gasteiger partial charge in [0.2, 0.25) is 47.3 Å². The number of hydrogen-bond donors (Lipinski definition) is 14. The molecule has 2 saturated heterocycles. The van der Waals surface area contributed by atoms with Gasteiger partial charge < -0.3 is 80.9 Å². The number of nitrogens with zero attached hydrogens (tertiary/aromatic N) is 3. The van der Waals surface area contributed by atoms with Gasteiger partial charge in [-0.1, -0.05) is 43.0 Å². The number of benzene rings is 2. The monoisotopic (exact) mass is 1060 g/mol. The molecule has 76 heavy (non-hydrogen) atoms. The Hall–Kier alpha value is -8.29. The lowest BCUT2D eigenvalue weighted by Crippen LogP contribution is -2.60. The van der Waals surface area contributed by atoms with Crippen LogP contribution in [0.1, 0.15) is 75.8 Å². The maximum absolute atomic E-state index is 15.4. The number of nitrogens with one attached hydrogen (secondary N) is 8. The lowest BCUT2D eigenvalue weighted by molar-refractivity contribution is -0.143. The number of carbonyl (C=O) groups is 8. The molecule has 0 spiro atoms. The molecule has 2 aromatic carbocycles. The van der Waals surface area contributed by atoms with Crippen LogP contribution in [0.15, 0.2) is 77.0 Å². The molecule has 0 aliphatic carbocycles. The summed E-state index contributed by atoms with van der Waals surface area (Å²) in [6.45, 7) is 4.84. The Morgan fingerprint density at radius 2 is 1.43 bits per heavy atom. The molecular formula is C50H71FN16O9. The minimum atomic E-state index is -1.63. The van der Waals surface area contributed by atoms with Crippen molar-refractivity contribution in [3.05, 3.63) is 83.9 Å². The molecule has 8 amide bonds. The summed E-state index contributed by atoms with van der Waals surface area (Å²) in [6.07, 6.45) is -0.358. The fraction of sp³-hybridized carbons (Fsp3) is 0.480. The van der Waals surface area contributed by atoms with Gasteiger partial charge in [0.25, 0.3) is 0 Å². The summed E-state index contributed by atoms with van der Waals surface area (Å²) < 4.78 is 15.4. The summed E-state index contributed by atoms with van der Waals surface area (Å²) in [7, 11) is 0. The SMILES string of the molecule is C=C(N)[C@@H]1CCCNC(=O)CC[C@H](NC(=O)[C@H](CCCN=C(N)N)NC(C)=O)C(=O)N2C[C@H](O)C[C@H]2C(=O)N[C@H](Cc2ccccc2F)C(=O)N[C@@H](CCCN=C(N)N)C(=O)N[C@@H](Cc2c[nH]c3ccccc23)C(=O)N1. The van der Waals surface area contributed by atoms with Gasteiger partial charge >= 0.3 is 0 Å². The molecule has 3 heterocycles. The van der Waals surface area contributed by atoms with Crippen LogP contribution in [0, 0.1) is 5.82 Å². The van der Waals surface area contributed by atoms with E-state index in [9.17, 15) is 43.5 Å². The predicted molar refractivity (Wildman–Crippen MR) is 280 cm³/mol. The second-order valence-electron chi connectivity index (χ2n) is 18.8. The first-order valence-corrected chi connectivity index (χ1v) is 25.1. The normalized spacial score (nSPS) is 22.8. The van der Waals surface area contributed by atoms with E-state index < -0.39 is 114 Å². The number of nitrogens with two attached hydrogens (primary N) is 5. The van der Waals surface area contributed by atoms with Crippen molar-refractivity contribution in [2.75, 3.05) is 26.2 Å². The van der Waals surface area contributed by atoms with Crippen molar-refractivity contribution < 1.29 is 47.9 Å². The molecule has 0 saturated carbocycles. The minimum Gasteiger partial charge on any atom is -0.401 e. The zero-order valence-electron chi connectivity index (χ0n) is 42.4. The molecule has 0 unspecified atom stereocenters. The first kappa shape index (κ1) is 58.6. The molecule has 5 rings (SSSR count). The van der Waals surface area contributed by atoms with E-state index in [4.69, 9.17) is 28.7 Å². The second kappa shape index (κ2) is 28.4. The number of hydrogen-bond acceptors (Lipinski definition) is 12. The zero-order chi connectivity index (χ0) is 55.5. The molecule has 1 aromatic heterocycles. The van der Waals surface area contributed by atoms with Crippen molar-refractivity contribution >= 4 is 70.1 Å². The van der Waals surface area contributed by atoms with Gasteiger partial charge in [-0.2, -0.15) is 0 Å². The van der Waals surface area contributed by atoms with Gasteiger partial charge in [-0.05, 0) is 68.2 Å². The maximum Gasteiger partial charge on any atom is 0.245 e. The fourth-order valence-corrected chi connectivity index (χ4v) is 8.98. The minimum absolute atomic E-state index is 0.00644. The number of aliphatic hydroxyl groups excluding tert-OH is 1. The van der Waals surface area contributed by atoms with Gasteiger partial charge in [0.15, 0.2) is 11.9 Å². The maximum atomic E-state index is 15.4. The van der Waals surface area contributed by atoms with E-state index in [1.54, 1.807) is 6.20 Å². The summed E-state index contributed by atoms with van der Waals surface area (Å²) in [5.74, 6) is -7.35. The van der Waals surface area contributed by atoms with Crippen LogP contribution < -0.4 is 65.9 Å². The average Bonchev–Trinajstić information content (AvgIpc) is 3.97. The van der Waals surface area contributed by atoms with Crippen molar-refractivity contribution in [2.45, 2.75) is 126 Å². The predicted octanol–water partition coefficient (Wildman–Crippen LogP) is -2.75. The van der Waals surface area contributed by atoms with Crippen molar-refractivity contribution in [2.24, 2.45) is 38.7 Å². The number of fused-ring (bicyclic) bond motifs is 2. The molecule has 19 N–H and O–H groups in total. The zero-order valence-corrected chi connectivity index (χ0v) is 42.4. The number of halogens is 1. The standard InChI is InChI=1S/C50H71FN16O9/c1-27(52)34-14-7-19-57-42(70)18-17-38(64-43(71)36(61-28(2)68)15-8-20-58-49(53)54)48(76)67-26-31(69)24-41(67)47(75)66-39(22-29-10-3-5-12-33(29)51)46(74)63-37(16-9-21-59-50(55)56)44(72)65-40(45(73)62-34)23-30-25-60-35-13-6-4-11-32(30)35/h3-6,10-13,25,31,34,36-41,60,69H,1,7-9,14-24,26,52H2,2H3,(H,57,70)(H,61,68)(H,62,73)(H,63,74)(H,64,71)(H,65,72)(H,66,75)(H4,53,54,58)(H4,55,56,59)/t31-,34+,36+,37+,38+,39-,40+,41+/m1/s1. The number of H-pyrrole nitrogens is 1. The summed E-state index contributed by atoms with van der Waals surface area (Å²) in [6, 6.07) is 3.43. The Morgan fingerprint density at radius 1 is 0.816 bits per heavy atom. The highest BCUT2D eigenvalue weighted by molar-refractivity contribution is 5.98. The number of aliphatic hydroxyl groups is 1. The highest BCUT2D eigenvalue weighted by Gasteiger charge is 2.43. The lowest BCUT2D eigenvalue weighted by atomic mass is 10.0. The van der Waals surface area contributed by atoms with Gasteiger partial charge in [0.05, 0.1) is 12.1 Å². The van der Waals surface area contributed by atoms with E-state index >= 15 is 4.39 Å². The van der Waals surface area contributed by atoms with Crippen LogP contribution in [0.25, 0.3) is 10.9 Å². The van der Waals surface area contributed by atoms with E-state index in [1.807, 2.05) is 24.3 Å². The van der Waals surface area contributed by atoms with Gasteiger partial charge in [-0.15, -0.1) is 0 Å². The molecule has 2 fully saturated rings. The third-order valence-corrected chi connectivity index (χ3v) is 12.9. The van der Waals surface area contributed by atoms with Crippen LogP contribution in [-0.4, -0.2) is 149 Å². The molecule has 2 aliphatic rings. The summed E-state index contributed by atoms with van der Waals surface area (Å²) in [5, 5.41) is 30.7. The topological polar surface area (TPSA) is 415 Å². The largest absolute Gasteiger partial charge is 0.401 e. The summed E-state index contributed by atoms with van der Waals surface area (Å²) in [5.41, 5.74) is 29.7. The smallest absolute Gasteiger partial charge is 0.245 e. The van der Waals surface area contributed by atoms with E-state index in [2.05, 4.69) is 58.8 Å². The van der Waals surface area contributed by atoms with E-state index in [-0.39, 0.29) is 107 Å².